The molecule has 0 radical (unpaired) electrons. The number of primary sulfonamides is 1. The Morgan fingerprint density at radius 1 is 0.475 bits per heavy atom. The highest BCUT2D eigenvalue weighted by atomic mass is 32.3. The van der Waals surface area contributed by atoms with Gasteiger partial charge in [-0.25, -0.2) is 84.3 Å². The van der Waals surface area contributed by atoms with Crippen LogP contribution >= 0.6 is 34.0 Å². The number of amides is 2. The number of Topliss-reactive ketones (excluding diaryl/α,β-unsaturated/α-hetero) is 2. The van der Waals surface area contributed by atoms with E-state index in [0.29, 0.717) is 65.4 Å². The first kappa shape index (κ1) is 101. The number of aliphatic hydroxyl groups is 2. The van der Waals surface area contributed by atoms with Crippen molar-refractivity contribution in [3.63, 3.8) is 0 Å². The van der Waals surface area contributed by atoms with E-state index >= 15 is 0 Å². The van der Waals surface area contributed by atoms with Gasteiger partial charge in [0.1, 0.15) is 49.5 Å². The van der Waals surface area contributed by atoms with Gasteiger partial charge in [-0.15, -0.1) is 34.0 Å². The molecular formula is C73H104N6O29S9Si. The summed E-state index contributed by atoms with van der Waals surface area (Å²) in [5.74, 6) is -11.3. The number of nitrogens with one attached hydrogen (secondary N) is 5. The predicted molar refractivity (Wildman–Crippen MR) is 438 cm³/mol. The molecule has 0 fully saturated rings. The van der Waals surface area contributed by atoms with E-state index in [0.717, 1.165) is 42.5 Å². The number of carbonyl (C=O) groups excluding carboxylic acids is 8. The normalized spacial score (nSPS) is 20.9. The molecule has 3 aromatic heterocycles. The molecule has 0 unspecified atom stereocenters. The average Bonchev–Trinajstić information content (AvgIpc) is 1.68. The Kier molecular flexibility index (Phi) is 35.3. The number of aliphatic hydroxyl groups excluding tert-OH is 2. The quantitative estimate of drug-likeness (QED) is 0.0135. The summed E-state index contributed by atoms with van der Waals surface area (Å²) in [6.45, 7) is 29.4. The number of aliphatic carboxylic acids is 1. The number of ketones is 2. The molecule has 0 aliphatic carbocycles. The van der Waals surface area contributed by atoms with E-state index in [4.69, 9.17) is 39.1 Å². The Morgan fingerprint density at radius 2 is 0.780 bits per heavy atom. The monoisotopic (exact) mass is 1840 g/mol. The molecule has 0 spiro atoms. The maximum Gasteiger partial charge on any atom is 0.347 e. The molecule has 3 aliphatic rings. The Labute approximate surface area is 701 Å². The van der Waals surface area contributed by atoms with Gasteiger partial charge in [-0.2, -0.15) is 0 Å². The van der Waals surface area contributed by atoms with E-state index in [1.165, 1.54) is 52.8 Å². The number of sulfone groups is 3. The first-order valence-electron chi connectivity index (χ1n) is 37.1. The van der Waals surface area contributed by atoms with Crippen molar-refractivity contribution in [2.75, 3.05) is 19.6 Å². The summed E-state index contributed by atoms with van der Waals surface area (Å²) in [6, 6.07) is 22.3. The summed E-state index contributed by atoms with van der Waals surface area (Å²) in [6.07, 6.45) is -8.94. The molecule has 3 aliphatic heterocycles. The maximum atomic E-state index is 13.4. The van der Waals surface area contributed by atoms with E-state index in [1.807, 2.05) is 86.2 Å². The van der Waals surface area contributed by atoms with Crippen LogP contribution in [0.15, 0.2) is 104 Å². The van der Waals surface area contributed by atoms with Crippen LogP contribution in [0.4, 0.5) is 0 Å². The highest BCUT2D eigenvalue weighted by molar-refractivity contribution is 7.97. The van der Waals surface area contributed by atoms with Crippen molar-refractivity contribution in [1.29, 1.82) is 0 Å². The molecule has 0 saturated heterocycles. The van der Waals surface area contributed by atoms with Crippen LogP contribution in [-0.2, 0) is 126 Å². The molecule has 118 heavy (non-hydrogen) atoms. The molecule has 35 nitrogen and oxygen atoms in total. The van der Waals surface area contributed by atoms with Crippen molar-refractivity contribution in [3.8, 4) is 0 Å². The average molecular weight is 1850 g/mol. The second-order valence-corrected chi connectivity index (χ2v) is 49.9. The number of esters is 4. The summed E-state index contributed by atoms with van der Waals surface area (Å²) in [7, 11) is -26.9. The van der Waals surface area contributed by atoms with Crippen molar-refractivity contribution in [3.05, 3.63) is 95.6 Å². The summed E-state index contributed by atoms with van der Waals surface area (Å²) < 4.78 is 180. The van der Waals surface area contributed by atoms with Gasteiger partial charge >= 0.3 is 29.8 Å². The minimum absolute atomic E-state index is 0.0664. The van der Waals surface area contributed by atoms with Crippen LogP contribution in [0.25, 0.3) is 0 Å². The molecule has 8 rings (SSSR count). The maximum absolute atomic E-state index is 13.4. The molecule has 5 aromatic rings. The molecule has 2 aromatic carbocycles. The standard InChI is InChI=1S/C35H46N2O10S3Si.C19H28N2O10S3.C10H16N2O4S3.C9H14O5/c1-9-36-29-20-22(2)49(41,42)34-28(29)21-30(48-34)50(43,44)37-31(38)23(3)45-32(39)24(4)46-33(40)25(5)47-51(35(6,7)8,26-16-12-10-13-17-26)27-18-14-11-15-19-27;1-6-20-14-7-9(2)33(26,27)19-13(14)8-15(32-19)34(28,29)21-16(23)11(4)30-18(25)12(5)31-17(24)10(3)22;1-3-12-8-4-6(2)18(13,14)10-7(8)5-9(17-10)19(11,15)16;1-4(8(12)6(3)10)7(11)5(2)9(13)14/h10-19,21-25,29,36H,9,20H2,1-8H3,(H,37,38);8-12,14,20,22H,6-7H2,1-5H3,(H,21,23);5-6,8,12H,3-4H2,1-2H3,(H2,11,15,16);4-6,10H,1-3H3,(H,13,14)/t22-,23-,24-,25-,29-;9-,10-,11-,12-,14-;6-,8-;4-,5+,6-/m0000/s1. The van der Waals surface area contributed by atoms with E-state index in [-0.39, 0.29) is 56.2 Å². The minimum Gasteiger partial charge on any atom is -0.481 e. The van der Waals surface area contributed by atoms with Gasteiger partial charge in [0.25, 0.3) is 40.2 Å². The number of fused-ring (bicyclic) bond motifs is 3. The lowest BCUT2D eigenvalue weighted by atomic mass is 9.90. The molecule has 10 N–H and O–H groups in total. The third-order valence-electron chi connectivity index (χ3n) is 19.0. The van der Waals surface area contributed by atoms with E-state index in [9.17, 15) is 93.7 Å². The van der Waals surface area contributed by atoms with Crippen molar-refractivity contribution < 1.29 is 132 Å². The Bertz CT molecular complexity index is 5170. The third kappa shape index (κ3) is 24.4. The molecule has 45 heteroatoms. The highest BCUT2D eigenvalue weighted by Crippen LogP contribution is 2.46. The van der Waals surface area contributed by atoms with Crippen LogP contribution in [0.3, 0.4) is 0 Å². The van der Waals surface area contributed by atoms with Crippen LogP contribution in [0.2, 0.25) is 5.04 Å². The van der Waals surface area contributed by atoms with Gasteiger partial charge in [0, 0.05) is 34.8 Å². The first-order valence-corrected chi connectivity index (χ1v) is 50.6. The number of hydrogen-bond acceptors (Lipinski definition) is 34. The van der Waals surface area contributed by atoms with E-state index in [2.05, 4.69) is 41.5 Å². The molecule has 658 valence electrons. The third-order valence-corrected chi connectivity index (χ3v) is 40.9. The van der Waals surface area contributed by atoms with E-state index in [1.54, 1.807) is 32.4 Å². The van der Waals surface area contributed by atoms with Gasteiger partial charge in [0.15, 0.2) is 65.5 Å². The zero-order valence-electron chi connectivity index (χ0n) is 68.1. The Hall–Kier alpha value is -7.19. The molecule has 15 atom stereocenters. The molecule has 0 bridgehead atoms. The number of rotatable bonds is 30. The Balaban J connectivity index is 0.000000315. The van der Waals surface area contributed by atoms with Gasteiger partial charge in [0.05, 0.1) is 21.7 Å². The summed E-state index contributed by atoms with van der Waals surface area (Å²) in [5.41, 5.74) is 1.18. The van der Waals surface area contributed by atoms with Gasteiger partial charge < -0.3 is 54.6 Å². The van der Waals surface area contributed by atoms with Gasteiger partial charge in [-0.3, -0.25) is 24.0 Å². The summed E-state index contributed by atoms with van der Waals surface area (Å²) in [4.78, 5) is 108. The van der Waals surface area contributed by atoms with Crippen LogP contribution in [-0.4, -0.2) is 205 Å². The fraction of sp³-hybridized carbons (Fsp3) is 0.548. The lowest BCUT2D eigenvalue weighted by Gasteiger charge is -2.44. The van der Waals surface area contributed by atoms with Crippen LogP contribution in [0.1, 0.15) is 179 Å². The fourth-order valence-corrected chi connectivity index (χ4v) is 31.5. The number of benzene rings is 2. The fourth-order valence-electron chi connectivity index (χ4n) is 12.3. The lowest BCUT2D eigenvalue weighted by molar-refractivity contribution is -0.174. The Morgan fingerprint density at radius 3 is 1.08 bits per heavy atom. The second-order valence-electron chi connectivity index (χ2n) is 29.2. The number of nitrogens with two attached hydrogens (primary N) is 1. The lowest BCUT2D eigenvalue weighted by Crippen LogP contribution is -2.68. The first-order chi connectivity index (χ1) is 54.3. The number of ether oxygens (including phenoxy) is 4. The van der Waals surface area contributed by atoms with Crippen LogP contribution < -0.4 is 40.9 Å². The molecule has 0 saturated carbocycles. The van der Waals surface area contributed by atoms with Gasteiger partial charge in [0.2, 0.25) is 10.0 Å². The SMILES string of the molecule is CCN[C@H]1C[C@H](C)S(=O)(=O)c2sc(S(=O)(=O)NC(=O)[C@H](C)OC(=O)[C@H](C)OC(=O)[C@H](C)O)cc21.CCN[C@H]1C[C@H](C)S(=O)(=O)c2sc(S(=O)(=O)NC(=O)[C@H](C)OC(=O)[C@H](C)OC(=O)[C@H](C)O[Si](c3ccccc3)(c3ccccc3)C(C)(C)C)cc21.CCN[C@H]1C[C@H](C)S(=O)(=O)c2sc(S(N)(=O)=O)cc21.C[C@@H](C(=O)O)C(=O)[C@H](C)C(=O)[C@H](C)O. The largest absolute Gasteiger partial charge is 0.481 e. The smallest absolute Gasteiger partial charge is 0.347 e. The van der Waals surface area contributed by atoms with Crippen molar-refractivity contribution >= 4 is 166 Å². The highest BCUT2D eigenvalue weighted by Gasteiger charge is 2.53. The second kappa shape index (κ2) is 41.1. The molecular weight excluding hydrogens is 1740 g/mol. The number of thiophene rings is 3. The van der Waals surface area contributed by atoms with Crippen LogP contribution in [0, 0.1) is 11.8 Å². The number of sulfonamides is 3. The summed E-state index contributed by atoms with van der Waals surface area (Å²) in [5, 5.41) is 40.6. The van der Waals surface area contributed by atoms with Crippen molar-refractivity contribution in [2.24, 2.45) is 17.0 Å². The predicted octanol–water partition coefficient (Wildman–Crippen LogP) is 4.09. The number of carboxylic acid groups (broad SMARTS) is 1. The van der Waals surface area contributed by atoms with Gasteiger partial charge in [-0.1, -0.05) is 102 Å². The number of hydrogen-bond donors (Lipinski definition) is 9. The zero-order chi connectivity index (χ0) is 89.8. The minimum atomic E-state index is -4.53. The van der Waals surface area contributed by atoms with Crippen LogP contribution in [0.5, 0.6) is 0 Å². The zero-order valence-corrected chi connectivity index (χ0v) is 76.5. The van der Waals surface area contributed by atoms with Crippen molar-refractivity contribution in [2.45, 2.75) is 251 Å². The van der Waals surface area contributed by atoms with Crippen molar-refractivity contribution in [1.82, 2.24) is 25.4 Å². The molecule has 2 amide bonds. The van der Waals surface area contributed by atoms with Gasteiger partial charge in [-0.05, 0) is 156 Å². The number of carboxylic acids is 1. The van der Waals surface area contributed by atoms with E-state index < -0.39 is 196 Å². The number of carbonyl (C=O) groups is 9. The molecule has 6 heterocycles. The summed E-state index contributed by atoms with van der Waals surface area (Å²) >= 11 is 1.85. The topological polar surface area (TPSA) is 551 Å².